The van der Waals surface area contributed by atoms with Crippen molar-refractivity contribution in [2.75, 3.05) is 29.5 Å². The zero-order chi connectivity index (χ0) is 13.1. The van der Waals surface area contributed by atoms with Gasteiger partial charge in [0.25, 0.3) is 0 Å². The summed E-state index contributed by atoms with van der Waals surface area (Å²) < 4.78 is 0. The number of benzene rings is 1. The number of hydrogen-bond acceptors (Lipinski definition) is 5. The summed E-state index contributed by atoms with van der Waals surface area (Å²) in [5, 5.41) is 20.1. The van der Waals surface area contributed by atoms with Crippen LogP contribution in [-0.2, 0) is 0 Å². The number of anilines is 1. The number of carbonyl (C=O) groups is 1. The topological polar surface area (TPSA) is 83.7 Å². The number of nitro groups is 1. The number of para-hydroxylation sites is 1. The molecule has 1 aliphatic rings. The number of hydrogen-bond donors (Lipinski definition) is 1. The molecule has 0 aromatic heterocycles. The molecule has 0 saturated carbocycles. The minimum Gasteiger partial charge on any atom is -0.477 e. The molecule has 96 valence electrons. The van der Waals surface area contributed by atoms with E-state index in [0.29, 0.717) is 18.8 Å². The maximum Gasteiger partial charge on any atom is 0.342 e. The fourth-order valence-electron chi connectivity index (χ4n) is 1.96. The van der Waals surface area contributed by atoms with Crippen molar-refractivity contribution in [1.29, 1.82) is 0 Å². The Morgan fingerprint density at radius 2 is 2.06 bits per heavy atom. The van der Waals surface area contributed by atoms with Gasteiger partial charge in [-0.1, -0.05) is 6.07 Å². The van der Waals surface area contributed by atoms with Gasteiger partial charge in [-0.15, -0.1) is 0 Å². The molecular weight excluding hydrogens is 256 g/mol. The molecule has 1 saturated heterocycles. The Morgan fingerprint density at radius 3 is 2.61 bits per heavy atom. The molecule has 0 amide bonds. The molecular formula is C11H12N2O4S. The smallest absolute Gasteiger partial charge is 0.342 e. The van der Waals surface area contributed by atoms with E-state index in [2.05, 4.69) is 0 Å². The van der Waals surface area contributed by atoms with Crippen molar-refractivity contribution in [2.45, 2.75) is 0 Å². The number of nitrogens with zero attached hydrogens (tertiary/aromatic N) is 2. The van der Waals surface area contributed by atoms with Crippen LogP contribution in [0.25, 0.3) is 0 Å². The molecule has 1 heterocycles. The highest BCUT2D eigenvalue weighted by Gasteiger charge is 2.27. The van der Waals surface area contributed by atoms with E-state index in [1.807, 2.05) is 4.90 Å². The second-order valence-corrected chi connectivity index (χ2v) is 5.06. The van der Waals surface area contributed by atoms with E-state index >= 15 is 0 Å². The molecule has 1 fully saturated rings. The van der Waals surface area contributed by atoms with Crippen LogP contribution >= 0.6 is 11.8 Å². The molecule has 1 aliphatic heterocycles. The summed E-state index contributed by atoms with van der Waals surface area (Å²) >= 11 is 1.79. The molecule has 7 heteroatoms. The van der Waals surface area contributed by atoms with Gasteiger partial charge in [-0.3, -0.25) is 10.1 Å². The molecule has 1 aromatic rings. The Bertz CT molecular complexity index is 486. The Kier molecular flexibility index (Phi) is 3.71. The number of carboxylic acids is 1. The average molecular weight is 268 g/mol. The van der Waals surface area contributed by atoms with Crippen molar-refractivity contribution in [3.63, 3.8) is 0 Å². The van der Waals surface area contributed by atoms with E-state index in [-0.39, 0.29) is 11.3 Å². The van der Waals surface area contributed by atoms with Gasteiger partial charge in [-0.05, 0) is 12.1 Å². The van der Waals surface area contributed by atoms with Crippen molar-refractivity contribution in [3.8, 4) is 0 Å². The minimum absolute atomic E-state index is 0.254. The summed E-state index contributed by atoms with van der Waals surface area (Å²) in [5.41, 5.74) is -0.159. The van der Waals surface area contributed by atoms with Crippen molar-refractivity contribution < 1.29 is 14.8 Å². The fraction of sp³-hybridized carbons (Fsp3) is 0.364. The van der Waals surface area contributed by atoms with Crippen LogP contribution < -0.4 is 4.90 Å². The molecule has 0 spiro atoms. The van der Waals surface area contributed by atoms with E-state index < -0.39 is 10.9 Å². The van der Waals surface area contributed by atoms with Gasteiger partial charge in [0.05, 0.1) is 4.92 Å². The van der Waals surface area contributed by atoms with Gasteiger partial charge in [0.1, 0.15) is 11.3 Å². The number of nitro benzene ring substituents is 1. The molecule has 0 unspecified atom stereocenters. The minimum atomic E-state index is -1.27. The first-order valence-corrected chi connectivity index (χ1v) is 6.60. The van der Waals surface area contributed by atoms with Crippen molar-refractivity contribution in [3.05, 3.63) is 33.9 Å². The fourth-order valence-corrected chi connectivity index (χ4v) is 2.86. The van der Waals surface area contributed by atoms with Crippen LogP contribution in [0.4, 0.5) is 11.4 Å². The van der Waals surface area contributed by atoms with Gasteiger partial charge >= 0.3 is 11.7 Å². The summed E-state index contributed by atoms with van der Waals surface area (Å²) in [4.78, 5) is 23.4. The highest BCUT2D eigenvalue weighted by molar-refractivity contribution is 7.99. The van der Waals surface area contributed by atoms with Gasteiger partial charge < -0.3 is 10.0 Å². The lowest BCUT2D eigenvalue weighted by Crippen LogP contribution is -2.33. The lowest BCUT2D eigenvalue weighted by atomic mass is 10.1. The van der Waals surface area contributed by atoms with Crippen molar-refractivity contribution in [2.24, 2.45) is 0 Å². The maximum atomic E-state index is 11.1. The Morgan fingerprint density at radius 1 is 1.39 bits per heavy atom. The quantitative estimate of drug-likeness (QED) is 0.665. The average Bonchev–Trinajstić information content (AvgIpc) is 2.38. The van der Waals surface area contributed by atoms with Gasteiger partial charge in [0.2, 0.25) is 0 Å². The van der Waals surface area contributed by atoms with E-state index in [4.69, 9.17) is 5.11 Å². The third-order valence-electron chi connectivity index (χ3n) is 2.78. The highest BCUT2D eigenvalue weighted by Crippen LogP contribution is 2.33. The Hall–Kier alpha value is -1.76. The third-order valence-corrected chi connectivity index (χ3v) is 3.72. The predicted octanol–water partition coefficient (Wildman–Crippen LogP) is 1.85. The lowest BCUT2D eigenvalue weighted by molar-refractivity contribution is -0.384. The third kappa shape index (κ3) is 2.40. The van der Waals surface area contributed by atoms with Crippen LogP contribution in [0.3, 0.4) is 0 Å². The normalized spacial score (nSPS) is 15.4. The van der Waals surface area contributed by atoms with Gasteiger partial charge in [0, 0.05) is 24.6 Å². The van der Waals surface area contributed by atoms with Crippen LogP contribution in [0.2, 0.25) is 0 Å². The summed E-state index contributed by atoms with van der Waals surface area (Å²) in [5.74, 6) is 0.526. The second-order valence-electron chi connectivity index (χ2n) is 3.83. The van der Waals surface area contributed by atoms with Crippen molar-refractivity contribution >= 4 is 29.1 Å². The van der Waals surface area contributed by atoms with Gasteiger partial charge in [0.15, 0.2) is 0 Å². The van der Waals surface area contributed by atoms with Crippen molar-refractivity contribution in [1.82, 2.24) is 0 Å². The predicted molar refractivity (Wildman–Crippen MR) is 69.6 cm³/mol. The monoisotopic (exact) mass is 268 g/mol. The summed E-state index contributed by atoms with van der Waals surface area (Å²) in [6.07, 6.45) is 0. The first-order chi connectivity index (χ1) is 8.61. The molecule has 2 rings (SSSR count). The van der Waals surface area contributed by atoms with Crippen LogP contribution in [0.1, 0.15) is 10.4 Å². The van der Waals surface area contributed by atoms with E-state index in [0.717, 1.165) is 11.5 Å². The molecule has 1 aromatic carbocycles. The number of aromatic carboxylic acids is 1. The standard InChI is InChI=1S/C11H12N2O4S/c14-11(15)8-2-1-3-9(10(8)13(16)17)12-4-6-18-7-5-12/h1-3H,4-7H2,(H,14,15). The van der Waals surface area contributed by atoms with Crippen LogP contribution in [-0.4, -0.2) is 40.6 Å². The summed E-state index contributed by atoms with van der Waals surface area (Å²) in [6, 6.07) is 4.43. The zero-order valence-corrected chi connectivity index (χ0v) is 10.4. The summed E-state index contributed by atoms with van der Waals surface area (Å²) in [6.45, 7) is 1.41. The Balaban J connectivity index is 2.48. The lowest BCUT2D eigenvalue weighted by Gasteiger charge is -2.28. The molecule has 18 heavy (non-hydrogen) atoms. The number of rotatable bonds is 3. The Labute approximate surface area is 108 Å². The zero-order valence-electron chi connectivity index (χ0n) is 9.54. The van der Waals surface area contributed by atoms with Crippen LogP contribution in [0.5, 0.6) is 0 Å². The number of carboxylic acid groups (broad SMARTS) is 1. The molecule has 0 radical (unpaired) electrons. The van der Waals surface area contributed by atoms with Gasteiger partial charge in [-0.25, -0.2) is 4.79 Å². The van der Waals surface area contributed by atoms with E-state index in [9.17, 15) is 14.9 Å². The molecule has 6 nitrogen and oxygen atoms in total. The largest absolute Gasteiger partial charge is 0.477 e. The van der Waals surface area contributed by atoms with Crippen LogP contribution in [0.15, 0.2) is 18.2 Å². The molecule has 1 N–H and O–H groups in total. The first kappa shape index (κ1) is 12.7. The summed E-state index contributed by atoms with van der Waals surface area (Å²) in [7, 11) is 0. The van der Waals surface area contributed by atoms with E-state index in [1.165, 1.54) is 6.07 Å². The highest BCUT2D eigenvalue weighted by atomic mass is 32.2. The van der Waals surface area contributed by atoms with E-state index in [1.54, 1.807) is 23.9 Å². The van der Waals surface area contributed by atoms with Gasteiger partial charge in [-0.2, -0.15) is 11.8 Å². The SMILES string of the molecule is O=C(O)c1cccc(N2CCSCC2)c1[N+](=O)[O-]. The maximum absolute atomic E-state index is 11.1. The molecule has 0 bridgehead atoms. The number of thioether (sulfide) groups is 1. The first-order valence-electron chi connectivity index (χ1n) is 5.44. The van der Waals surface area contributed by atoms with Crippen LogP contribution in [0, 0.1) is 10.1 Å². The second kappa shape index (κ2) is 5.26. The molecule has 0 atom stereocenters. The molecule has 0 aliphatic carbocycles.